The van der Waals surface area contributed by atoms with Gasteiger partial charge in [0.25, 0.3) is 5.91 Å². The Kier molecular flexibility index (Phi) is 3.16. The number of amides is 1. The number of hydrogen-bond acceptors (Lipinski definition) is 4. The molecule has 0 aromatic heterocycles. The van der Waals surface area contributed by atoms with Gasteiger partial charge in [0.05, 0.1) is 13.7 Å². The van der Waals surface area contributed by atoms with E-state index in [2.05, 4.69) is 11.3 Å². The van der Waals surface area contributed by atoms with Gasteiger partial charge in [-0.1, -0.05) is 24.8 Å². The van der Waals surface area contributed by atoms with Gasteiger partial charge in [-0.3, -0.25) is 4.79 Å². The van der Waals surface area contributed by atoms with E-state index in [-0.39, 0.29) is 12.5 Å². The minimum absolute atomic E-state index is 0.154. The Morgan fingerprint density at radius 1 is 1.44 bits per heavy atom. The molecule has 0 fully saturated rings. The molecule has 94 valence electrons. The molecule has 1 amide bonds. The van der Waals surface area contributed by atoms with Crippen molar-refractivity contribution in [3.8, 4) is 0 Å². The van der Waals surface area contributed by atoms with E-state index in [9.17, 15) is 14.7 Å². The number of ether oxygens (including phenoxy) is 1. The molecular weight excluding hydrogens is 234 g/mol. The Hall–Kier alpha value is -2.14. The summed E-state index contributed by atoms with van der Waals surface area (Å²) < 4.78 is 4.41. The second kappa shape index (κ2) is 4.62. The number of benzene rings is 1. The van der Waals surface area contributed by atoms with Crippen molar-refractivity contribution in [1.29, 1.82) is 0 Å². The second-order valence-corrected chi connectivity index (χ2v) is 3.95. The molecule has 5 nitrogen and oxygen atoms in total. The fraction of sp³-hybridized carbons (Fsp3) is 0.231. The van der Waals surface area contributed by atoms with E-state index >= 15 is 0 Å². The zero-order chi connectivity index (χ0) is 13.3. The quantitative estimate of drug-likeness (QED) is 0.796. The highest BCUT2D eigenvalue weighted by Gasteiger charge is 2.33. The highest BCUT2D eigenvalue weighted by Crippen LogP contribution is 2.31. The molecule has 1 atom stereocenters. The molecule has 1 heterocycles. The Bertz CT molecular complexity index is 488. The van der Waals surface area contributed by atoms with Crippen molar-refractivity contribution >= 4 is 17.6 Å². The maximum atomic E-state index is 12.1. The van der Waals surface area contributed by atoms with E-state index in [1.807, 2.05) is 0 Å². The topological polar surface area (TPSA) is 66.8 Å². The minimum atomic E-state index is -1.37. The van der Waals surface area contributed by atoms with Crippen LogP contribution in [0, 0.1) is 0 Å². The molecule has 1 aromatic carbocycles. The molecule has 0 saturated heterocycles. The van der Waals surface area contributed by atoms with Crippen LogP contribution in [0.3, 0.4) is 0 Å². The third-order valence-electron chi connectivity index (χ3n) is 2.87. The van der Waals surface area contributed by atoms with E-state index in [4.69, 9.17) is 0 Å². The van der Waals surface area contributed by atoms with Gasteiger partial charge in [-0.15, -0.1) is 0 Å². The van der Waals surface area contributed by atoms with Crippen molar-refractivity contribution < 1.29 is 19.4 Å². The van der Waals surface area contributed by atoms with Gasteiger partial charge >= 0.3 is 5.97 Å². The van der Waals surface area contributed by atoms with Crippen molar-refractivity contribution in [2.45, 2.75) is 6.10 Å². The van der Waals surface area contributed by atoms with Crippen LogP contribution in [-0.2, 0) is 9.53 Å². The van der Waals surface area contributed by atoms with Gasteiger partial charge in [-0.05, 0) is 6.07 Å². The summed E-state index contributed by atoms with van der Waals surface area (Å²) in [6, 6.07) is 7.02. The molecule has 0 saturated carbocycles. The molecule has 1 aliphatic heterocycles. The molecular formula is C13H13NO4. The van der Waals surface area contributed by atoms with E-state index < -0.39 is 12.1 Å². The van der Waals surface area contributed by atoms with Crippen LogP contribution >= 0.6 is 0 Å². The molecule has 18 heavy (non-hydrogen) atoms. The maximum absolute atomic E-state index is 12.1. The first-order chi connectivity index (χ1) is 8.56. The summed E-state index contributed by atoms with van der Waals surface area (Å²) in [4.78, 5) is 24.5. The van der Waals surface area contributed by atoms with Gasteiger partial charge in [-0.25, -0.2) is 4.79 Å². The number of fused-ring (bicyclic) bond motifs is 1. The highest BCUT2D eigenvalue weighted by atomic mass is 16.5. The van der Waals surface area contributed by atoms with Gasteiger partial charge in [0.15, 0.2) is 6.10 Å². The Morgan fingerprint density at radius 2 is 2.06 bits per heavy atom. The summed E-state index contributed by atoms with van der Waals surface area (Å²) in [5, 5.41) is 9.58. The van der Waals surface area contributed by atoms with Gasteiger partial charge in [0, 0.05) is 16.8 Å². The van der Waals surface area contributed by atoms with Crippen LogP contribution in [0.4, 0.5) is 0 Å². The summed E-state index contributed by atoms with van der Waals surface area (Å²) in [6.45, 7) is 3.65. The SMILES string of the molecule is C=C1c2ccccc2C(=O)N1CC(O)C(=O)OC. The Labute approximate surface area is 104 Å². The van der Waals surface area contributed by atoms with E-state index in [0.29, 0.717) is 11.3 Å². The van der Waals surface area contributed by atoms with Crippen LogP contribution in [0.1, 0.15) is 15.9 Å². The largest absolute Gasteiger partial charge is 0.467 e. The molecule has 0 radical (unpaired) electrons. The summed E-state index contributed by atoms with van der Waals surface area (Å²) in [7, 11) is 1.18. The van der Waals surface area contributed by atoms with Crippen LogP contribution in [0.2, 0.25) is 0 Å². The third-order valence-corrected chi connectivity index (χ3v) is 2.87. The summed E-state index contributed by atoms with van der Waals surface area (Å²) in [6.07, 6.45) is -1.37. The number of hydrogen-bond donors (Lipinski definition) is 1. The normalized spacial score (nSPS) is 15.6. The molecule has 1 aromatic rings. The van der Waals surface area contributed by atoms with Crippen molar-refractivity contribution in [2.75, 3.05) is 13.7 Å². The number of rotatable bonds is 3. The van der Waals surface area contributed by atoms with Gasteiger partial charge in [-0.2, -0.15) is 0 Å². The van der Waals surface area contributed by atoms with Crippen LogP contribution in [0.15, 0.2) is 30.8 Å². The molecule has 5 heteroatoms. The first-order valence-electron chi connectivity index (χ1n) is 5.42. The van der Waals surface area contributed by atoms with Crippen molar-refractivity contribution in [3.63, 3.8) is 0 Å². The monoisotopic (exact) mass is 247 g/mol. The number of carbonyl (C=O) groups is 2. The van der Waals surface area contributed by atoms with Crippen molar-refractivity contribution in [1.82, 2.24) is 4.90 Å². The molecule has 1 aliphatic rings. The number of esters is 1. The molecule has 0 bridgehead atoms. The fourth-order valence-corrected chi connectivity index (χ4v) is 1.91. The van der Waals surface area contributed by atoms with Crippen molar-refractivity contribution in [3.05, 3.63) is 42.0 Å². The zero-order valence-electron chi connectivity index (χ0n) is 9.92. The highest BCUT2D eigenvalue weighted by molar-refractivity contribution is 6.09. The standard InChI is InChI=1S/C13H13NO4/c1-8-9-5-3-4-6-10(9)12(16)14(8)7-11(15)13(17)18-2/h3-6,11,15H,1,7H2,2H3. The number of methoxy groups -OCH3 is 1. The lowest BCUT2D eigenvalue weighted by molar-refractivity contribution is -0.150. The molecule has 2 rings (SSSR count). The number of nitrogens with zero attached hydrogens (tertiary/aromatic N) is 1. The van der Waals surface area contributed by atoms with Crippen LogP contribution in [-0.4, -0.2) is 41.6 Å². The average Bonchev–Trinajstić information content (AvgIpc) is 2.63. The first-order valence-corrected chi connectivity index (χ1v) is 5.42. The maximum Gasteiger partial charge on any atom is 0.336 e. The van der Waals surface area contributed by atoms with Crippen LogP contribution in [0.5, 0.6) is 0 Å². The Morgan fingerprint density at radius 3 is 2.61 bits per heavy atom. The number of aliphatic hydroxyl groups excluding tert-OH is 1. The lowest BCUT2D eigenvalue weighted by atomic mass is 10.1. The van der Waals surface area contributed by atoms with Crippen LogP contribution in [0.25, 0.3) is 5.70 Å². The number of β-amino-alcohol motifs (C(OH)–C–C–N with tert-alkyl or cyclic N) is 1. The van der Waals surface area contributed by atoms with E-state index in [1.54, 1.807) is 24.3 Å². The third kappa shape index (κ3) is 1.89. The average molecular weight is 247 g/mol. The van der Waals surface area contributed by atoms with E-state index in [1.165, 1.54) is 12.0 Å². The zero-order valence-corrected chi connectivity index (χ0v) is 9.92. The predicted molar refractivity (Wildman–Crippen MR) is 64.5 cm³/mol. The number of aliphatic hydroxyl groups is 1. The first kappa shape index (κ1) is 12.3. The number of carbonyl (C=O) groups excluding carboxylic acids is 2. The fourth-order valence-electron chi connectivity index (χ4n) is 1.91. The Balaban J connectivity index is 2.21. The smallest absolute Gasteiger partial charge is 0.336 e. The summed E-state index contributed by atoms with van der Waals surface area (Å²) >= 11 is 0. The lowest BCUT2D eigenvalue weighted by Gasteiger charge is -2.19. The summed E-state index contributed by atoms with van der Waals surface area (Å²) in [5.74, 6) is -1.04. The van der Waals surface area contributed by atoms with Gasteiger partial charge in [0.1, 0.15) is 0 Å². The van der Waals surface area contributed by atoms with Gasteiger partial charge in [0.2, 0.25) is 0 Å². The molecule has 0 spiro atoms. The predicted octanol–water partition coefficient (Wildman–Crippen LogP) is 0.647. The molecule has 1 N–H and O–H groups in total. The van der Waals surface area contributed by atoms with Gasteiger partial charge < -0.3 is 14.7 Å². The molecule has 1 unspecified atom stereocenters. The van der Waals surface area contributed by atoms with Crippen LogP contribution < -0.4 is 0 Å². The van der Waals surface area contributed by atoms with E-state index in [0.717, 1.165) is 5.56 Å². The minimum Gasteiger partial charge on any atom is -0.467 e. The lowest BCUT2D eigenvalue weighted by Crippen LogP contribution is -2.37. The van der Waals surface area contributed by atoms with Crippen molar-refractivity contribution in [2.24, 2.45) is 0 Å². The molecule has 0 aliphatic carbocycles. The summed E-state index contributed by atoms with van der Waals surface area (Å²) in [5.41, 5.74) is 1.73. The second-order valence-electron chi connectivity index (χ2n) is 3.95.